The lowest BCUT2D eigenvalue weighted by Crippen LogP contribution is -2.58. The van der Waals surface area contributed by atoms with Crippen LogP contribution >= 0.6 is 23.1 Å². The van der Waals surface area contributed by atoms with Gasteiger partial charge in [0.05, 0.1) is 21.3 Å². The predicted octanol–water partition coefficient (Wildman–Crippen LogP) is 6.44. The van der Waals surface area contributed by atoms with E-state index in [1.54, 1.807) is 9.80 Å². The molecule has 15 heteroatoms. The summed E-state index contributed by atoms with van der Waals surface area (Å²) in [5, 5.41) is -0.0308. The highest BCUT2D eigenvalue weighted by Gasteiger charge is 2.44. The molecule has 2 atom stereocenters. The maximum Gasteiger partial charge on any atom is 0.417 e. The van der Waals surface area contributed by atoms with Crippen LogP contribution in [0.4, 0.5) is 32.9 Å². The van der Waals surface area contributed by atoms with Gasteiger partial charge in [-0.2, -0.15) is 18.2 Å². The number of hydrogen-bond acceptors (Lipinski definition) is 8. The highest BCUT2D eigenvalue weighted by atomic mass is 32.2. The Labute approximate surface area is 268 Å². The Morgan fingerprint density at radius 3 is 2.41 bits per heavy atom. The Morgan fingerprint density at radius 2 is 1.80 bits per heavy atom. The molecule has 0 bridgehead atoms. The number of rotatable bonds is 3. The number of carbonyl (C=O) groups is 1. The van der Waals surface area contributed by atoms with E-state index < -0.39 is 40.2 Å². The maximum absolute atomic E-state index is 15.9. The van der Waals surface area contributed by atoms with Gasteiger partial charge in [0.15, 0.2) is 5.13 Å². The zero-order chi connectivity index (χ0) is 32.9. The molecular weight excluding hydrogens is 648 g/mol. The number of thiazole rings is 1. The van der Waals surface area contributed by atoms with Crippen LogP contribution in [0, 0.1) is 17.0 Å². The van der Waals surface area contributed by atoms with Gasteiger partial charge in [-0.1, -0.05) is 24.3 Å². The molecule has 2 aromatic carbocycles. The Hall–Kier alpha value is -3.72. The first-order valence-electron chi connectivity index (χ1n) is 14.8. The lowest BCUT2D eigenvalue weighted by atomic mass is 9.70. The van der Waals surface area contributed by atoms with E-state index in [2.05, 4.69) is 16.5 Å². The number of halogens is 5. The van der Waals surface area contributed by atoms with Crippen molar-refractivity contribution in [3.05, 3.63) is 52.5 Å². The molecule has 1 spiro atoms. The van der Waals surface area contributed by atoms with E-state index in [9.17, 15) is 14.0 Å². The number of amides is 1. The summed E-state index contributed by atoms with van der Waals surface area (Å²) in [6.07, 6.45) is -1.31. The summed E-state index contributed by atoms with van der Waals surface area (Å²) in [6.45, 7) is 7.85. The minimum absolute atomic E-state index is 0.0618. The molecule has 8 nitrogen and oxygen atoms in total. The number of anilines is 2. The van der Waals surface area contributed by atoms with Crippen molar-refractivity contribution >= 4 is 61.1 Å². The molecule has 0 unspecified atom stereocenters. The molecule has 4 heterocycles. The standard InChI is InChI=1S/C31H29F5N6O2S2/c1-4-20(43)42-14(2)10-40(11-15(42)3)27-16-8-17(31(34,35)36)21(22-18(32)9-19(33)25-23(22)38-28(37)46-25)26-24(16)41(29(44)39-27)12-30(13-45-26)6-5-7-30/h4,8-9,14-15H,1,5-7,10-13H2,2-3H3,(H2,37,38)/t14-,15+. The van der Waals surface area contributed by atoms with Gasteiger partial charge >= 0.3 is 11.9 Å². The quantitative estimate of drug-likeness (QED) is 0.197. The van der Waals surface area contributed by atoms with E-state index in [0.29, 0.717) is 11.8 Å². The lowest BCUT2D eigenvalue weighted by molar-refractivity contribution is -0.137. The van der Waals surface area contributed by atoms with Crippen molar-refractivity contribution in [1.29, 1.82) is 0 Å². The van der Waals surface area contributed by atoms with Gasteiger partial charge in [0.1, 0.15) is 17.5 Å². The second kappa shape index (κ2) is 10.7. The van der Waals surface area contributed by atoms with Crippen molar-refractivity contribution in [2.24, 2.45) is 5.41 Å². The maximum atomic E-state index is 15.9. The second-order valence-electron chi connectivity index (χ2n) is 12.5. The van der Waals surface area contributed by atoms with Crippen LogP contribution in [0.3, 0.4) is 0 Å². The topological polar surface area (TPSA) is 97.4 Å². The normalized spacial score (nSPS) is 21.1. The van der Waals surface area contributed by atoms with E-state index in [1.165, 1.54) is 10.6 Å². The monoisotopic (exact) mass is 676 g/mol. The Bertz CT molecular complexity index is 2010. The number of nitrogens with two attached hydrogens (primary N) is 1. The Balaban J connectivity index is 1.56. The summed E-state index contributed by atoms with van der Waals surface area (Å²) in [7, 11) is 0. The van der Waals surface area contributed by atoms with Gasteiger partial charge in [-0.15, -0.1) is 11.8 Å². The molecule has 1 saturated carbocycles. The van der Waals surface area contributed by atoms with Crippen molar-refractivity contribution in [2.75, 3.05) is 29.5 Å². The summed E-state index contributed by atoms with van der Waals surface area (Å²) in [5.74, 6) is -2.01. The number of carbonyl (C=O) groups excluding carboxylic acids is 1. The molecular formula is C31H29F5N6O2S2. The molecule has 0 radical (unpaired) electrons. The largest absolute Gasteiger partial charge is 0.417 e. The van der Waals surface area contributed by atoms with Crippen LogP contribution in [0.2, 0.25) is 0 Å². The Morgan fingerprint density at radius 1 is 1.11 bits per heavy atom. The highest BCUT2D eigenvalue weighted by Crippen LogP contribution is 2.55. The van der Waals surface area contributed by atoms with E-state index in [1.807, 2.05) is 13.8 Å². The third-order valence-corrected chi connectivity index (χ3v) is 11.8. The van der Waals surface area contributed by atoms with Gasteiger partial charge in [-0.05, 0) is 44.2 Å². The summed E-state index contributed by atoms with van der Waals surface area (Å²) in [6, 6.07) is 0.745. The second-order valence-corrected chi connectivity index (χ2v) is 14.5. The first-order chi connectivity index (χ1) is 21.7. The average molecular weight is 677 g/mol. The number of piperazine rings is 1. The van der Waals surface area contributed by atoms with Crippen molar-refractivity contribution in [2.45, 2.75) is 62.8 Å². The molecule has 2 aromatic heterocycles. The fourth-order valence-electron chi connectivity index (χ4n) is 7.28. The minimum Gasteiger partial charge on any atom is -0.375 e. The number of benzene rings is 2. The average Bonchev–Trinajstić information content (AvgIpc) is 3.24. The number of fused-ring (bicyclic) bond motifs is 1. The van der Waals surface area contributed by atoms with Gasteiger partial charge in [-0.3, -0.25) is 9.36 Å². The van der Waals surface area contributed by atoms with E-state index in [-0.39, 0.29) is 80.0 Å². The van der Waals surface area contributed by atoms with Crippen molar-refractivity contribution < 1.29 is 26.7 Å². The number of aromatic nitrogens is 3. The van der Waals surface area contributed by atoms with Crippen LogP contribution in [-0.4, -0.2) is 56.3 Å². The summed E-state index contributed by atoms with van der Waals surface area (Å²) in [4.78, 5) is 38.4. The zero-order valence-corrected chi connectivity index (χ0v) is 26.5. The molecule has 2 fully saturated rings. The zero-order valence-electron chi connectivity index (χ0n) is 24.9. The van der Waals surface area contributed by atoms with E-state index in [4.69, 9.17) is 5.73 Å². The highest BCUT2D eigenvalue weighted by molar-refractivity contribution is 7.99. The van der Waals surface area contributed by atoms with Crippen molar-refractivity contribution in [3.8, 4) is 11.1 Å². The fourth-order valence-corrected chi connectivity index (χ4v) is 9.57. The number of nitrogen functional groups attached to an aromatic ring is 1. The number of nitrogens with zero attached hydrogens (tertiary/aromatic N) is 5. The minimum atomic E-state index is -4.98. The molecule has 1 amide bonds. The fraction of sp³-hybridized carbons (Fsp3) is 0.419. The van der Waals surface area contributed by atoms with Crippen LogP contribution in [0.5, 0.6) is 0 Å². The first-order valence-corrected chi connectivity index (χ1v) is 16.6. The predicted molar refractivity (Wildman–Crippen MR) is 169 cm³/mol. The third-order valence-electron chi connectivity index (χ3n) is 9.42. The Kier molecular flexibility index (Phi) is 7.16. The number of thioether (sulfide) groups is 1. The van der Waals surface area contributed by atoms with E-state index in [0.717, 1.165) is 48.4 Å². The summed E-state index contributed by atoms with van der Waals surface area (Å²) in [5.41, 5.74) is 2.62. The number of alkyl halides is 3. The smallest absolute Gasteiger partial charge is 0.375 e. The van der Waals surface area contributed by atoms with Gasteiger partial charge < -0.3 is 15.5 Å². The molecule has 1 aliphatic carbocycles. The molecule has 1 saturated heterocycles. The summed E-state index contributed by atoms with van der Waals surface area (Å²) < 4.78 is 77.6. The SMILES string of the molecule is C=CC(=O)N1[C@H](C)CN(c2nc(=O)n3c4c(c(-c5c(F)cc(F)c6sc(N)nc56)c(C(F)(F)F)cc24)SCC2(CCC2)C3)C[C@@H]1C. The van der Waals surface area contributed by atoms with E-state index >= 15 is 17.6 Å². The summed E-state index contributed by atoms with van der Waals surface area (Å²) >= 11 is 1.87. The van der Waals surface area contributed by atoms with Crippen molar-refractivity contribution in [3.63, 3.8) is 0 Å². The molecule has 2 aliphatic heterocycles. The molecule has 46 heavy (non-hydrogen) atoms. The van der Waals surface area contributed by atoms with Crippen LogP contribution in [0.25, 0.3) is 32.2 Å². The molecule has 4 aromatic rings. The molecule has 2 N–H and O–H groups in total. The number of hydrogen-bond donors (Lipinski definition) is 1. The van der Waals surface area contributed by atoms with Crippen LogP contribution in [0.15, 0.2) is 34.5 Å². The molecule has 3 aliphatic rings. The van der Waals surface area contributed by atoms with Crippen LogP contribution < -0.4 is 16.3 Å². The van der Waals surface area contributed by atoms with Gasteiger partial charge in [0.25, 0.3) is 0 Å². The lowest BCUT2D eigenvalue weighted by Gasteiger charge is -2.45. The third kappa shape index (κ3) is 4.68. The van der Waals surface area contributed by atoms with Gasteiger partial charge in [0.2, 0.25) is 5.91 Å². The van der Waals surface area contributed by atoms with Gasteiger partial charge in [0, 0.05) is 64.9 Å². The van der Waals surface area contributed by atoms with Crippen LogP contribution in [0.1, 0.15) is 38.7 Å². The van der Waals surface area contributed by atoms with Crippen LogP contribution in [-0.2, 0) is 17.5 Å². The molecule has 7 rings (SSSR count). The van der Waals surface area contributed by atoms with Gasteiger partial charge in [-0.25, -0.2) is 18.6 Å². The molecule has 242 valence electrons. The van der Waals surface area contributed by atoms with Crippen molar-refractivity contribution in [1.82, 2.24) is 19.4 Å². The first kappa shape index (κ1) is 30.9.